The number of hydrogen-bond acceptors (Lipinski definition) is 2. The van der Waals surface area contributed by atoms with Gasteiger partial charge in [-0.1, -0.05) is 44.2 Å². The lowest BCUT2D eigenvalue weighted by Crippen LogP contribution is -2.31. The molecule has 3 unspecified atom stereocenters. The minimum absolute atomic E-state index is 0.00333. The zero-order valence-electron chi connectivity index (χ0n) is 10.7. The average Bonchev–Trinajstić information content (AvgIpc) is 2.26. The molecule has 0 aromatic heterocycles. The van der Waals surface area contributed by atoms with Crippen LogP contribution in [-0.2, 0) is 4.74 Å². The van der Waals surface area contributed by atoms with Crippen molar-refractivity contribution in [3.8, 4) is 0 Å². The maximum atomic E-state index is 6.03. The Morgan fingerprint density at radius 2 is 1.56 bits per heavy atom. The summed E-state index contributed by atoms with van der Waals surface area (Å²) in [4.78, 5) is 0. The molecular weight excluding hydrogens is 198 g/mol. The Labute approximate surface area is 98.8 Å². The Bertz CT molecular complexity index is 295. The van der Waals surface area contributed by atoms with Crippen molar-refractivity contribution in [3.05, 3.63) is 35.9 Å². The molecular formula is C14H23NO. The summed E-state index contributed by atoms with van der Waals surface area (Å²) >= 11 is 0. The van der Waals surface area contributed by atoms with E-state index in [1.807, 2.05) is 25.1 Å². The maximum Gasteiger partial charge on any atom is 0.0976 e. The normalized spacial score (nSPS) is 17.1. The van der Waals surface area contributed by atoms with Crippen molar-refractivity contribution in [2.24, 2.45) is 11.7 Å². The van der Waals surface area contributed by atoms with Gasteiger partial charge in [0.2, 0.25) is 0 Å². The Morgan fingerprint density at radius 3 is 2.00 bits per heavy atom. The molecule has 0 radical (unpaired) electrons. The van der Waals surface area contributed by atoms with Gasteiger partial charge in [-0.3, -0.25) is 0 Å². The molecule has 0 amide bonds. The van der Waals surface area contributed by atoms with Crippen LogP contribution < -0.4 is 5.73 Å². The van der Waals surface area contributed by atoms with Crippen LogP contribution in [0.5, 0.6) is 0 Å². The molecule has 16 heavy (non-hydrogen) atoms. The van der Waals surface area contributed by atoms with E-state index >= 15 is 0 Å². The van der Waals surface area contributed by atoms with E-state index in [0.29, 0.717) is 5.92 Å². The fourth-order valence-electron chi connectivity index (χ4n) is 1.54. The molecule has 0 fully saturated rings. The third kappa shape index (κ3) is 3.62. The minimum Gasteiger partial charge on any atom is -0.369 e. The van der Waals surface area contributed by atoms with Crippen LogP contribution in [0.15, 0.2) is 30.3 Å². The highest BCUT2D eigenvalue weighted by Crippen LogP contribution is 2.23. The number of benzene rings is 1. The van der Waals surface area contributed by atoms with Crippen LogP contribution in [0.3, 0.4) is 0 Å². The molecule has 1 aromatic rings. The second-order valence-corrected chi connectivity index (χ2v) is 4.78. The van der Waals surface area contributed by atoms with Crippen molar-refractivity contribution < 1.29 is 4.74 Å². The first-order chi connectivity index (χ1) is 7.52. The average molecular weight is 221 g/mol. The van der Waals surface area contributed by atoms with Crippen LogP contribution >= 0.6 is 0 Å². The topological polar surface area (TPSA) is 35.2 Å². The maximum absolute atomic E-state index is 6.03. The molecule has 0 saturated heterocycles. The van der Waals surface area contributed by atoms with Gasteiger partial charge in [-0.2, -0.15) is 0 Å². The van der Waals surface area contributed by atoms with Crippen LogP contribution in [0.25, 0.3) is 0 Å². The largest absolute Gasteiger partial charge is 0.369 e. The molecule has 2 heteroatoms. The van der Waals surface area contributed by atoms with Gasteiger partial charge in [-0.25, -0.2) is 0 Å². The van der Waals surface area contributed by atoms with E-state index < -0.39 is 0 Å². The minimum atomic E-state index is -0.0152. The number of ether oxygens (including phenoxy) is 1. The lowest BCUT2D eigenvalue weighted by Gasteiger charge is -2.27. The molecule has 0 spiro atoms. The van der Waals surface area contributed by atoms with Gasteiger partial charge >= 0.3 is 0 Å². The summed E-state index contributed by atoms with van der Waals surface area (Å²) in [5.41, 5.74) is 7.15. The van der Waals surface area contributed by atoms with Crippen LogP contribution in [0.2, 0.25) is 0 Å². The zero-order valence-corrected chi connectivity index (χ0v) is 10.7. The second kappa shape index (κ2) is 6.02. The summed E-state index contributed by atoms with van der Waals surface area (Å²) < 4.78 is 6.03. The molecule has 2 nitrogen and oxygen atoms in total. The highest BCUT2D eigenvalue weighted by Gasteiger charge is 2.20. The third-order valence-electron chi connectivity index (χ3n) is 2.91. The molecule has 90 valence electrons. The van der Waals surface area contributed by atoms with Gasteiger partial charge in [0.05, 0.1) is 12.2 Å². The zero-order chi connectivity index (χ0) is 12.1. The highest BCUT2D eigenvalue weighted by atomic mass is 16.5. The quantitative estimate of drug-likeness (QED) is 0.829. The Morgan fingerprint density at radius 1 is 1.00 bits per heavy atom. The van der Waals surface area contributed by atoms with Crippen molar-refractivity contribution in [2.45, 2.75) is 45.9 Å². The smallest absolute Gasteiger partial charge is 0.0976 e. The summed E-state index contributed by atoms with van der Waals surface area (Å²) in [5, 5.41) is 0. The van der Waals surface area contributed by atoms with Crippen LogP contribution in [-0.4, -0.2) is 12.1 Å². The lowest BCUT2D eigenvalue weighted by molar-refractivity contribution is -0.0363. The SMILES string of the molecule is CC(C)C(C)OC(c1ccccc1)C(C)N. The predicted molar refractivity (Wildman–Crippen MR) is 68.2 cm³/mol. The van der Waals surface area contributed by atoms with E-state index in [1.54, 1.807) is 0 Å². The summed E-state index contributed by atoms with van der Waals surface area (Å²) in [6, 6.07) is 10.2. The van der Waals surface area contributed by atoms with Crippen molar-refractivity contribution in [3.63, 3.8) is 0 Å². The molecule has 0 heterocycles. The van der Waals surface area contributed by atoms with Gasteiger partial charge in [0.1, 0.15) is 0 Å². The van der Waals surface area contributed by atoms with E-state index in [9.17, 15) is 0 Å². The molecule has 0 aliphatic carbocycles. The monoisotopic (exact) mass is 221 g/mol. The van der Waals surface area contributed by atoms with Gasteiger partial charge in [-0.05, 0) is 25.3 Å². The molecule has 0 bridgehead atoms. The van der Waals surface area contributed by atoms with Crippen molar-refractivity contribution in [1.29, 1.82) is 0 Å². The summed E-state index contributed by atoms with van der Waals surface area (Å²) in [7, 11) is 0. The van der Waals surface area contributed by atoms with Crippen LogP contribution in [0, 0.1) is 5.92 Å². The fourth-order valence-corrected chi connectivity index (χ4v) is 1.54. The Kier molecular flexibility index (Phi) is 4.97. The van der Waals surface area contributed by atoms with Crippen LogP contribution in [0.4, 0.5) is 0 Å². The molecule has 2 N–H and O–H groups in total. The first-order valence-electron chi connectivity index (χ1n) is 5.98. The second-order valence-electron chi connectivity index (χ2n) is 4.78. The van der Waals surface area contributed by atoms with Gasteiger partial charge in [0.25, 0.3) is 0 Å². The van der Waals surface area contributed by atoms with E-state index in [2.05, 4.69) is 32.9 Å². The summed E-state index contributed by atoms with van der Waals surface area (Å²) in [6.45, 7) is 8.41. The van der Waals surface area contributed by atoms with Gasteiger partial charge in [-0.15, -0.1) is 0 Å². The van der Waals surface area contributed by atoms with Gasteiger partial charge in [0, 0.05) is 6.04 Å². The highest BCUT2D eigenvalue weighted by molar-refractivity contribution is 5.18. The van der Waals surface area contributed by atoms with E-state index in [1.165, 1.54) is 0 Å². The Balaban J connectivity index is 2.77. The van der Waals surface area contributed by atoms with Gasteiger partial charge < -0.3 is 10.5 Å². The van der Waals surface area contributed by atoms with E-state index in [0.717, 1.165) is 5.56 Å². The molecule has 0 aliphatic heterocycles. The first-order valence-corrected chi connectivity index (χ1v) is 5.98. The van der Waals surface area contributed by atoms with Crippen molar-refractivity contribution >= 4 is 0 Å². The fraction of sp³-hybridized carbons (Fsp3) is 0.571. The van der Waals surface area contributed by atoms with Crippen LogP contribution in [0.1, 0.15) is 39.4 Å². The summed E-state index contributed by atoms with van der Waals surface area (Å²) in [6.07, 6.45) is 0.204. The molecule has 1 aromatic carbocycles. The summed E-state index contributed by atoms with van der Waals surface area (Å²) in [5.74, 6) is 0.505. The van der Waals surface area contributed by atoms with E-state index in [-0.39, 0.29) is 18.2 Å². The standard InChI is InChI=1S/C14H23NO/c1-10(2)12(4)16-14(11(3)15)13-8-6-5-7-9-13/h5-12,14H,15H2,1-4H3. The Hall–Kier alpha value is -0.860. The number of hydrogen-bond donors (Lipinski definition) is 1. The van der Waals surface area contributed by atoms with E-state index in [4.69, 9.17) is 10.5 Å². The predicted octanol–water partition coefficient (Wildman–Crippen LogP) is 3.14. The number of rotatable bonds is 5. The molecule has 0 aliphatic rings. The first kappa shape index (κ1) is 13.2. The third-order valence-corrected chi connectivity index (χ3v) is 2.91. The molecule has 0 saturated carbocycles. The molecule has 3 atom stereocenters. The van der Waals surface area contributed by atoms with Crippen molar-refractivity contribution in [1.82, 2.24) is 0 Å². The number of nitrogens with two attached hydrogens (primary N) is 1. The van der Waals surface area contributed by atoms with Gasteiger partial charge in [0.15, 0.2) is 0 Å². The molecule has 1 rings (SSSR count). The lowest BCUT2D eigenvalue weighted by atomic mass is 10.0. The van der Waals surface area contributed by atoms with Crippen molar-refractivity contribution in [2.75, 3.05) is 0 Å².